The van der Waals surface area contributed by atoms with Crippen molar-refractivity contribution >= 4 is 17.9 Å². The molecule has 0 unspecified atom stereocenters. The van der Waals surface area contributed by atoms with Gasteiger partial charge in [0.15, 0.2) is 5.78 Å². The van der Waals surface area contributed by atoms with Gasteiger partial charge < -0.3 is 0 Å². The minimum Gasteiger partial charge on any atom is -0.289 e. The molecule has 5 nitrogen and oxygen atoms in total. The average molecular weight is 352 g/mol. The van der Waals surface area contributed by atoms with Crippen molar-refractivity contribution in [3.63, 3.8) is 0 Å². The number of carbonyl (C=O) groups excluding carboxylic acids is 1. The molecule has 2 aromatic rings. The number of nitrogens with zero attached hydrogens (tertiary/aromatic N) is 4. The van der Waals surface area contributed by atoms with Crippen LogP contribution in [0.25, 0.3) is 12.2 Å². The van der Waals surface area contributed by atoms with Crippen LogP contribution in [0.15, 0.2) is 35.9 Å². The normalized spacial score (nSPS) is 21.7. The number of aromatic nitrogens is 4. The van der Waals surface area contributed by atoms with Gasteiger partial charge in [0.25, 0.3) is 0 Å². The minimum atomic E-state index is 0.154. The third-order valence-electron chi connectivity index (χ3n) is 5.66. The second-order valence-corrected chi connectivity index (χ2v) is 8.01. The molecule has 1 aliphatic carbocycles. The van der Waals surface area contributed by atoms with E-state index in [1.165, 1.54) is 0 Å². The summed E-state index contributed by atoms with van der Waals surface area (Å²) >= 11 is 0. The van der Waals surface area contributed by atoms with Gasteiger partial charge in [-0.2, -0.15) is 10.2 Å². The Morgan fingerprint density at radius 2 is 1.50 bits per heavy atom. The lowest BCUT2D eigenvalue weighted by molar-refractivity contribution is -0.113. The molecule has 5 heteroatoms. The average Bonchev–Trinajstić information content (AvgIpc) is 3.19. The van der Waals surface area contributed by atoms with Crippen molar-refractivity contribution in [2.75, 3.05) is 0 Å². The van der Waals surface area contributed by atoms with Crippen molar-refractivity contribution < 1.29 is 4.79 Å². The highest BCUT2D eigenvalue weighted by molar-refractivity contribution is 6.14. The summed E-state index contributed by atoms with van der Waals surface area (Å²) < 4.78 is 3.53. The standard InChI is InChI=1S/C21H28N4O/c1-6-21(2,3)19-9-17(7-15-11-22-24(4)13-15)20(26)18(10-19)8-16-12-23-25(5)14-16/h7-8,11-14,19H,6,9-10H2,1-5H3/b17-7-,18-8-. The maximum Gasteiger partial charge on any atom is 0.185 e. The molecule has 0 aliphatic heterocycles. The molecule has 0 atom stereocenters. The van der Waals surface area contributed by atoms with E-state index in [-0.39, 0.29) is 11.2 Å². The molecule has 0 N–H and O–H groups in total. The summed E-state index contributed by atoms with van der Waals surface area (Å²) in [7, 11) is 3.78. The zero-order valence-electron chi connectivity index (χ0n) is 16.4. The minimum absolute atomic E-state index is 0.154. The molecule has 2 heterocycles. The topological polar surface area (TPSA) is 52.7 Å². The molecule has 0 bridgehead atoms. The first-order valence-electron chi connectivity index (χ1n) is 9.21. The third kappa shape index (κ3) is 3.87. The molecule has 0 spiro atoms. The Kier molecular flexibility index (Phi) is 4.99. The number of rotatable bonds is 4. The van der Waals surface area contributed by atoms with E-state index in [4.69, 9.17) is 0 Å². The predicted octanol–water partition coefficient (Wildman–Crippen LogP) is 4.04. The number of hydrogen-bond donors (Lipinski definition) is 0. The van der Waals surface area contributed by atoms with Crippen molar-refractivity contribution in [1.29, 1.82) is 0 Å². The van der Waals surface area contributed by atoms with Gasteiger partial charge in [-0.15, -0.1) is 0 Å². The first-order chi connectivity index (χ1) is 12.3. The number of carbonyl (C=O) groups is 1. The summed E-state index contributed by atoms with van der Waals surface area (Å²) in [6.07, 6.45) is 14.2. The van der Waals surface area contributed by atoms with E-state index in [0.29, 0.717) is 5.92 Å². The van der Waals surface area contributed by atoms with Crippen molar-refractivity contribution in [3.8, 4) is 0 Å². The molecule has 1 aliphatic rings. The number of aryl methyl sites for hydroxylation is 2. The van der Waals surface area contributed by atoms with E-state index < -0.39 is 0 Å². The summed E-state index contributed by atoms with van der Waals surface area (Å²) in [5.74, 6) is 0.594. The van der Waals surface area contributed by atoms with Gasteiger partial charge in [-0.25, -0.2) is 0 Å². The van der Waals surface area contributed by atoms with Crippen LogP contribution >= 0.6 is 0 Å². The van der Waals surface area contributed by atoms with E-state index >= 15 is 0 Å². The molecule has 0 radical (unpaired) electrons. The summed E-state index contributed by atoms with van der Waals surface area (Å²) in [5.41, 5.74) is 3.90. The number of Topliss-reactive ketones (excluding diaryl/α,β-unsaturated/α-hetero) is 1. The molecule has 0 amide bonds. The molecular weight excluding hydrogens is 324 g/mol. The van der Waals surface area contributed by atoms with E-state index in [9.17, 15) is 4.79 Å². The van der Waals surface area contributed by atoms with Crippen LogP contribution < -0.4 is 0 Å². The van der Waals surface area contributed by atoms with Gasteiger partial charge >= 0.3 is 0 Å². The summed E-state index contributed by atoms with van der Waals surface area (Å²) in [4.78, 5) is 13.1. The van der Waals surface area contributed by atoms with Crippen LogP contribution in [0.5, 0.6) is 0 Å². The predicted molar refractivity (Wildman–Crippen MR) is 104 cm³/mol. The number of allylic oxidation sites excluding steroid dienone is 2. The second-order valence-electron chi connectivity index (χ2n) is 8.01. The fourth-order valence-corrected chi connectivity index (χ4v) is 3.52. The maximum atomic E-state index is 13.1. The molecule has 1 fully saturated rings. The SMILES string of the molecule is CCC(C)(C)C1C/C(=C/c2cnn(C)c2)C(=O)/C(=C\c2cnn(C)c2)C1. The highest BCUT2D eigenvalue weighted by Crippen LogP contribution is 2.43. The highest BCUT2D eigenvalue weighted by Gasteiger charge is 2.36. The molecule has 0 aromatic carbocycles. The van der Waals surface area contributed by atoms with E-state index in [1.54, 1.807) is 21.8 Å². The molecule has 0 saturated heterocycles. The zero-order valence-corrected chi connectivity index (χ0v) is 16.4. The van der Waals surface area contributed by atoms with E-state index in [2.05, 4.69) is 31.0 Å². The molecule has 138 valence electrons. The molecule has 3 rings (SSSR count). The first-order valence-corrected chi connectivity index (χ1v) is 9.21. The Hall–Kier alpha value is -2.43. The van der Waals surface area contributed by atoms with Crippen molar-refractivity contribution in [2.24, 2.45) is 25.4 Å². The Labute approximate surface area is 155 Å². The highest BCUT2D eigenvalue weighted by atomic mass is 16.1. The van der Waals surface area contributed by atoms with E-state index in [0.717, 1.165) is 41.5 Å². The molecule has 1 saturated carbocycles. The fraction of sp³-hybridized carbons (Fsp3) is 0.476. The monoisotopic (exact) mass is 352 g/mol. The Morgan fingerprint density at radius 3 is 1.85 bits per heavy atom. The molecule has 26 heavy (non-hydrogen) atoms. The van der Waals surface area contributed by atoms with Crippen LogP contribution in [0, 0.1) is 11.3 Å². The van der Waals surface area contributed by atoms with E-state index in [1.807, 2.05) is 38.6 Å². The van der Waals surface area contributed by atoms with Gasteiger partial charge in [0.1, 0.15) is 0 Å². The van der Waals surface area contributed by atoms with Gasteiger partial charge in [-0.1, -0.05) is 27.2 Å². The van der Waals surface area contributed by atoms with Gasteiger partial charge in [0, 0.05) is 48.8 Å². The lowest BCUT2D eigenvalue weighted by Gasteiger charge is -2.37. The van der Waals surface area contributed by atoms with Gasteiger partial charge in [0.05, 0.1) is 12.4 Å². The van der Waals surface area contributed by atoms with Crippen molar-refractivity contribution in [2.45, 2.75) is 40.0 Å². The quantitative estimate of drug-likeness (QED) is 0.781. The van der Waals surface area contributed by atoms with Crippen molar-refractivity contribution in [3.05, 3.63) is 47.1 Å². The fourth-order valence-electron chi connectivity index (χ4n) is 3.52. The van der Waals surface area contributed by atoms with Crippen LogP contribution in [0.1, 0.15) is 51.2 Å². The maximum absolute atomic E-state index is 13.1. The van der Waals surface area contributed by atoms with Gasteiger partial charge in [0.2, 0.25) is 0 Å². The van der Waals surface area contributed by atoms with Crippen molar-refractivity contribution in [1.82, 2.24) is 19.6 Å². The molecule has 2 aromatic heterocycles. The molecular formula is C21H28N4O. The van der Waals surface area contributed by atoms with Crippen LogP contribution in [0.2, 0.25) is 0 Å². The van der Waals surface area contributed by atoms with Crippen LogP contribution in [-0.2, 0) is 18.9 Å². The van der Waals surface area contributed by atoms with Gasteiger partial charge in [-0.05, 0) is 36.3 Å². The Morgan fingerprint density at radius 1 is 1.04 bits per heavy atom. The summed E-state index contributed by atoms with van der Waals surface area (Å²) in [5, 5.41) is 8.43. The van der Waals surface area contributed by atoms with Gasteiger partial charge in [-0.3, -0.25) is 14.2 Å². The first kappa shape index (κ1) is 18.4. The lowest BCUT2D eigenvalue weighted by atomic mass is 9.66. The largest absolute Gasteiger partial charge is 0.289 e. The Bertz CT molecular complexity index is 804. The van der Waals surface area contributed by atoms with Crippen LogP contribution in [0.3, 0.4) is 0 Å². The number of hydrogen-bond acceptors (Lipinski definition) is 3. The third-order valence-corrected chi connectivity index (χ3v) is 5.66. The number of ketones is 1. The van der Waals surface area contributed by atoms with Crippen LogP contribution in [-0.4, -0.2) is 25.3 Å². The Balaban J connectivity index is 1.99. The summed E-state index contributed by atoms with van der Waals surface area (Å²) in [6.45, 7) is 6.83. The second kappa shape index (κ2) is 7.06. The summed E-state index contributed by atoms with van der Waals surface area (Å²) in [6, 6.07) is 0. The smallest absolute Gasteiger partial charge is 0.185 e. The lowest BCUT2D eigenvalue weighted by Crippen LogP contribution is -2.30. The van der Waals surface area contributed by atoms with Crippen LogP contribution in [0.4, 0.5) is 0 Å². The zero-order chi connectivity index (χ0) is 18.9.